The Morgan fingerprint density at radius 3 is 2.31 bits per heavy atom. The molecule has 0 unspecified atom stereocenters. The van der Waals surface area contributed by atoms with Gasteiger partial charge in [-0.25, -0.2) is 0 Å². The molecule has 0 atom stereocenters. The van der Waals surface area contributed by atoms with E-state index in [1.165, 1.54) is 17.0 Å². The van der Waals surface area contributed by atoms with Gasteiger partial charge < -0.3 is 20.1 Å². The van der Waals surface area contributed by atoms with Gasteiger partial charge in [0.2, 0.25) is 0 Å². The molecule has 1 fully saturated rings. The van der Waals surface area contributed by atoms with E-state index < -0.39 is 11.5 Å². The van der Waals surface area contributed by atoms with Gasteiger partial charge in [0.15, 0.2) is 5.78 Å². The minimum atomic E-state index is -0.631. The molecule has 0 spiro atoms. The summed E-state index contributed by atoms with van der Waals surface area (Å²) in [5, 5.41) is 20.3. The first-order valence-corrected chi connectivity index (χ1v) is 9.42. The van der Waals surface area contributed by atoms with Gasteiger partial charge >= 0.3 is 0 Å². The van der Waals surface area contributed by atoms with Crippen LogP contribution in [0.1, 0.15) is 33.6 Å². The Morgan fingerprint density at radius 1 is 0.966 bits per heavy atom. The molecule has 1 amide bonds. The lowest BCUT2D eigenvalue weighted by molar-refractivity contribution is 0.0646. The van der Waals surface area contributed by atoms with Crippen molar-refractivity contribution in [3.05, 3.63) is 70.0 Å². The summed E-state index contributed by atoms with van der Waals surface area (Å²) in [6, 6.07) is 12.9. The van der Waals surface area contributed by atoms with Crippen molar-refractivity contribution in [1.29, 1.82) is 0 Å². The highest BCUT2D eigenvalue weighted by Gasteiger charge is 2.31. The number of pyridine rings is 1. The first-order valence-electron chi connectivity index (χ1n) is 9.42. The van der Waals surface area contributed by atoms with Crippen LogP contribution < -0.4 is 5.56 Å². The number of nitrogens with zero attached hydrogens (tertiary/aromatic N) is 1. The van der Waals surface area contributed by atoms with Gasteiger partial charge in [0.05, 0.1) is 5.52 Å². The topological polar surface area (TPSA) is 111 Å². The lowest BCUT2D eigenvalue weighted by Crippen LogP contribution is -2.42. The molecule has 29 heavy (non-hydrogen) atoms. The Kier molecular flexibility index (Phi) is 4.80. The smallest absolute Gasteiger partial charge is 0.265 e. The van der Waals surface area contributed by atoms with E-state index in [9.17, 15) is 24.6 Å². The zero-order valence-electron chi connectivity index (χ0n) is 15.6. The summed E-state index contributed by atoms with van der Waals surface area (Å²) in [6.45, 7) is 0.637. The van der Waals surface area contributed by atoms with Crippen LogP contribution in [0.15, 0.2) is 53.3 Å². The molecule has 2 heterocycles. The molecule has 0 bridgehead atoms. The van der Waals surface area contributed by atoms with Gasteiger partial charge in [0.1, 0.15) is 17.1 Å². The summed E-state index contributed by atoms with van der Waals surface area (Å²) in [5.41, 5.74) is 0.0847. The highest BCUT2D eigenvalue weighted by atomic mass is 16.3. The van der Waals surface area contributed by atoms with E-state index in [-0.39, 0.29) is 28.8 Å². The number of nitrogens with one attached hydrogen (secondary N) is 1. The average Bonchev–Trinajstić information content (AvgIpc) is 2.74. The Balaban J connectivity index is 1.51. The number of phenols is 1. The third-order valence-electron chi connectivity index (χ3n) is 5.41. The standard InChI is InChI=1S/C22H20N2O5/c25-15-7-5-13(6-8-15)19(26)14-9-11-24(12-10-14)22(29)18-20(27)16-3-1-2-4-17(16)23-21(18)28/h1-8,14,25H,9-12H2,(H2,23,27,28). The molecule has 2 aromatic carbocycles. The number of aromatic hydroxyl groups is 2. The van der Waals surface area contributed by atoms with E-state index in [2.05, 4.69) is 4.98 Å². The fraction of sp³-hybridized carbons (Fsp3) is 0.227. The minimum absolute atomic E-state index is 0.0245. The van der Waals surface area contributed by atoms with Crippen LogP contribution in [0.5, 0.6) is 11.5 Å². The van der Waals surface area contributed by atoms with E-state index in [1.807, 2.05) is 0 Å². The predicted molar refractivity (Wildman–Crippen MR) is 107 cm³/mol. The number of carbonyl (C=O) groups is 2. The molecule has 0 radical (unpaired) electrons. The molecule has 0 saturated carbocycles. The van der Waals surface area contributed by atoms with Crippen molar-refractivity contribution in [2.45, 2.75) is 12.8 Å². The number of fused-ring (bicyclic) bond motifs is 1. The van der Waals surface area contributed by atoms with Gasteiger partial charge in [-0.15, -0.1) is 0 Å². The summed E-state index contributed by atoms with van der Waals surface area (Å²) >= 11 is 0. The monoisotopic (exact) mass is 392 g/mol. The van der Waals surface area contributed by atoms with Crippen molar-refractivity contribution in [2.24, 2.45) is 5.92 Å². The number of H-pyrrole nitrogens is 1. The predicted octanol–water partition coefficient (Wildman–Crippen LogP) is 2.67. The third kappa shape index (κ3) is 3.47. The van der Waals surface area contributed by atoms with Gasteiger partial charge in [0, 0.05) is 30.0 Å². The second-order valence-corrected chi connectivity index (χ2v) is 7.20. The van der Waals surface area contributed by atoms with Crippen LogP contribution in [-0.4, -0.2) is 44.9 Å². The molecule has 3 N–H and O–H groups in total. The molecule has 3 aromatic rings. The van der Waals surface area contributed by atoms with Crippen molar-refractivity contribution < 1.29 is 19.8 Å². The van der Waals surface area contributed by atoms with Crippen LogP contribution in [-0.2, 0) is 0 Å². The normalized spacial score (nSPS) is 14.8. The molecular formula is C22H20N2O5. The number of Topliss-reactive ketones (excluding diaryl/α,β-unsaturated/α-hetero) is 1. The second kappa shape index (κ2) is 7.43. The number of aromatic nitrogens is 1. The highest BCUT2D eigenvalue weighted by molar-refractivity contribution is 6.02. The molecule has 1 aliphatic rings. The van der Waals surface area contributed by atoms with Gasteiger partial charge in [0.25, 0.3) is 11.5 Å². The Bertz CT molecular complexity index is 1140. The van der Waals surface area contributed by atoms with Crippen molar-refractivity contribution >= 4 is 22.6 Å². The van der Waals surface area contributed by atoms with Gasteiger partial charge in [-0.05, 0) is 49.2 Å². The molecule has 1 aliphatic heterocycles. The van der Waals surface area contributed by atoms with E-state index in [1.54, 1.807) is 36.4 Å². The Morgan fingerprint density at radius 2 is 1.62 bits per heavy atom. The summed E-state index contributed by atoms with van der Waals surface area (Å²) in [5.74, 6) is -1.01. The summed E-state index contributed by atoms with van der Waals surface area (Å²) < 4.78 is 0. The lowest BCUT2D eigenvalue weighted by atomic mass is 9.88. The lowest BCUT2D eigenvalue weighted by Gasteiger charge is -2.31. The number of amides is 1. The fourth-order valence-corrected chi connectivity index (χ4v) is 3.79. The summed E-state index contributed by atoms with van der Waals surface area (Å²) in [7, 11) is 0. The number of aromatic amines is 1. The number of para-hydroxylation sites is 1. The molecular weight excluding hydrogens is 372 g/mol. The molecule has 7 heteroatoms. The number of ketones is 1. The Hall–Kier alpha value is -3.61. The number of phenolic OH excluding ortho intramolecular Hbond substituents is 1. The van der Waals surface area contributed by atoms with Crippen LogP contribution in [0.25, 0.3) is 10.9 Å². The second-order valence-electron chi connectivity index (χ2n) is 7.20. The highest BCUT2D eigenvalue weighted by Crippen LogP contribution is 2.28. The number of rotatable bonds is 3. The van der Waals surface area contributed by atoms with E-state index in [0.29, 0.717) is 42.4 Å². The molecule has 7 nitrogen and oxygen atoms in total. The van der Waals surface area contributed by atoms with Gasteiger partial charge in [-0.1, -0.05) is 12.1 Å². The van der Waals surface area contributed by atoms with E-state index in [4.69, 9.17) is 0 Å². The average molecular weight is 392 g/mol. The zero-order valence-corrected chi connectivity index (χ0v) is 15.6. The van der Waals surface area contributed by atoms with Crippen LogP contribution in [0.4, 0.5) is 0 Å². The number of hydrogen-bond donors (Lipinski definition) is 3. The maximum absolute atomic E-state index is 12.9. The summed E-state index contributed by atoms with van der Waals surface area (Å²) in [4.78, 5) is 42.1. The van der Waals surface area contributed by atoms with Crippen LogP contribution >= 0.6 is 0 Å². The minimum Gasteiger partial charge on any atom is -0.508 e. The number of benzene rings is 2. The molecule has 0 aliphatic carbocycles. The van der Waals surface area contributed by atoms with Crippen LogP contribution in [0.2, 0.25) is 0 Å². The Labute approximate surface area is 166 Å². The van der Waals surface area contributed by atoms with Crippen molar-refractivity contribution in [2.75, 3.05) is 13.1 Å². The molecule has 1 saturated heterocycles. The van der Waals surface area contributed by atoms with E-state index in [0.717, 1.165) is 0 Å². The van der Waals surface area contributed by atoms with Gasteiger partial charge in [-0.3, -0.25) is 14.4 Å². The molecule has 148 valence electrons. The zero-order chi connectivity index (χ0) is 20.5. The SMILES string of the molecule is O=C(c1ccc(O)cc1)C1CCN(C(=O)c2c(O)c3ccccc3[nH]c2=O)CC1. The number of likely N-dealkylation sites (tertiary alicyclic amines) is 1. The van der Waals surface area contributed by atoms with Crippen molar-refractivity contribution in [3.8, 4) is 11.5 Å². The van der Waals surface area contributed by atoms with E-state index >= 15 is 0 Å². The first kappa shape index (κ1) is 18.7. The largest absolute Gasteiger partial charge is 0.508 e. The van der Waals surface area contributed by atoms with Crippen molar-refractivity contribution in [3.63, 3.8) is 0 Å². The fourth-order valence-electron chi connectivity index (χ4n) is 3.79. The number of carbonyl (C=O) groups excluding carboxylic acids is 2. The summed E-state index contributed by atoms with van der Waals surface area (Å²) in [6.07, 6.45) is 0.940. The maximum Gasteiger partial charge on any atom is 0.265 e. The molecule has 4 rings (SSSR count). The molecule has 1 aromatic heterocycles. The van der Waals surface area contributed by atoms with Gasteiger partial charge in [-0.2, -0.15) is 0 Å². The quantitative estimate of drug-likeness (QED) is 0.594. The van der Waals surface area contributed by atoms with Crippen LogP contribution in [0.3, 0.4) is 0 Å². The first-order chi connectivity index (χ1) is 14.0. The number of hydrogen-bond acceptors (Lipinski definition) is 5. The maximum atomic E-state index is 12.9. The number of piperidine rings is 1. The third-order valence-corrected chi connectivity index (χ3v) is 5.41. The van der Waals surface area contributed by atoms with Crippen molar-refractivity contribution in [1.82, 2.24) is 9.88 Å². The van der Waals surface area contributed by atoms with Crippen LogP contribution in [0, 0.1) is 5.92 Å².